The minimum absolute atomic E-state index is 0.0739. The maximum absolute atomic E-state index is 12.2. The molecule has 1 rings (SSSR count). The highest BCUT2D eigenvalue weighted by Gasteiger charge is 2.28. The monoisotopic (exact) mass is 265 g/mol. The van der Waals surface area contributed by atoms with Gasteiger partial charge in [0.05, 0.1) is 0 Å². The molecule has 1 atom stereocenters. The van der Waals surface area contributed by atoms with Crippen LogP contribution in [0.2, 0.25) is 0 Å². The highest BCUT2D eigenvalue weighted by atomic mass is 32.1. The molecule has 17 heavy (non-hydrogen) atoms. The topological polar surface area (TPSA) is 12.0 Å². The van der Waals surface area contributed by atoms with Gasteiger partial charge in [0.1, 0.15) is 0 Å². The van der Waals surface area contributed by atoms with E-state index in [4.69, 9.17) is 0 Å². The first-order valence-corrected chi connectivity index (χ1v) is 6.71. The average molecular weight is 265 g/mol. The lowest BCUT2D eigenvalue weighted by Gasteiger charge is -2.18. The van der Waals surface area contributed by atoms with Crippen LogP contribution < -0.4 is 5.32 Å². The number of hydrogen-bond donors (Lipinski definition) is 1. The fourth-order valence-electron chi connectivity index (χ4n) is 1.63. The van der Waals surface area contributed by atoms with Crippen LogP contribution in [-0.4, -0.2) is 18.8 Å². The van der Waals surface area contributed by atoms with E-state index in [1.54, 1.807) is 11.3 Å². The first kappa shape index (κ1) is 14.5. The van der Waals surface area contributed by atoms with E-state index in [-0.39, 0.29) is 12.5 Å². The van der Waals surface area contributed by atoms with Crippen LogP contribution in [0.5, 0.6) is 0 Å². The Morgan fingerprint density at radius 1 is 1.41 bits per heavy atom. The van der Waals surface area contributed by atoms with Crippen LogP contribution in [0, 0.1) is 0 Å². The van der Waals surface area contributed by atoms with Crippen LogP contribution in [0.25, 0.3) is 0 Å². The second-order valence-electron chi connectivity index (χ2n) is 4.09. The molecule has 0 aliphatic heterocycles. The molecule has 0 aliphatic carbocycles. The Morgan fingerprint density at radius 3 is 2.71 bits per heavy atom. The molecule has 1 aromatic rings. The summed E-state index contributed by atoms with van der Waals surface area (Å²) in [6.45, 7) is 2.78. The molecular weight excluding hydrogens is 247 g/mol. The lowest BCUT2D eigenvalue weighted by Crippen LogP contribution is -2.32. The summed E-state index contributed by atoms with van der Waals surface area (Å²) in [5, 5.41) is 5.14. The zero-order valence-corrected chi connectivity index (χ0v) is 10.7. The summed E-state index contributed by atoms with van der Waals surface area (Å²) >= 11 is 1.60. The van der Waals surface area contributed by atoms with Gasteiger partial charge < -0.3 is 5.32 Å². The van der Waals surface area contributed by atoms with Gasteiger partial charge in [-0.1, -0.05) is 13.0 Å². The van der Waals surface area contributed by atoms with Gasteiger partial charge in [-0.25, -0.2) is 0 Å². The zero-order valence-electron chi connectivity index (χ0n) is 9.89. The molecule has 98 valence electrons. The van der Waals surface area contributed by atoms with Crippen molar-refractivity contribution in [1.82, 2.24) is 5.32 Å². The standard InChI is InChI=1S/C12H18F3NS/c1-2-7-16-10(5-6-12(13,14)15)9-11-4-3-8-17-11/h3-4,8,10,16H,2,5-7,9H2,1H3. The molecule has 0 fully saturated rings. The minimum atomic E-state index is -4.05. The quantitative estimate of drug-likeness (QED) is 0.785. The number of rotatable bonds is 7. The number of alkyl halides is 3. The van der Waals surface area contributed by atoms with Crippen molar-refractivity contribution in [1.29, 1.82) is 0 Å². The fourth-order valence-corrected chi connectivity index (χ4v) is 2.42. The summed E-state index contributed by atoms with van der Waals surface area (Å²) in [7, 11) is 0. The van der Waals surface area contributed by atoms with E-state index in [1.807, 2.05) is 24.4 Å². The van der Waals surface area contributed by atoms with Gasteiger partial charge in [0.25, 0.3) is 0 Å². The van der Waals surface area contributed by atoms with Gasteiger partial charge in [-0.05, 0) is 37.3 Å². The van der Waals surface area contributed by atoms with Gasteiger partial charge in [0.15, 0.2) is 0 Å². The van der Waals surface area contributed by atoms with E-state index in [1.165, 1.54) is 0 Å². The van der Waals surface area contributed by atoms with Crippen molar-refractivity contribution in [2.24, 2.45) is 0 Å². The third-order valence-electron chi connectivity index (χ3n) is 2.49. The van der Waals surface area contributed by atoms with E-state index in [2.05, 4.69) is 5.32 Å². The summed E-state index contributed by atoms with van der Waals surface area (Å²) in [6.07, 6.45) is -2.98. The normalized spacial score (nSPS) is 13.9. The van der Waals surface area contributed by atoms with Crippen molar-refractivity contribution >= 4 is 11.3 Å². The van der Waals surface area contributed by atoms with Gasteiger partial charge >= 0.3 is 6.18 Å². The van der Waals surface area contributed by atoms with Crippen LogP contribution in [0.1, 0.15) is 31.1 Å². The first-order valence-electron chi connectivity index (χ1n) is 5.84. The van der Waals surface area contributed by atoms with Crippen LogP contribution in [-0.2, 0) is 6.42 Å². The number of nitrogens with one attached hydrogen (secondary N) is 1. The lowest BCUT2D eigenvalue weighted by atomic mass is 10.1. The molecular formula is C12H18F3NS. The zero-order chi connectivity index (χ0) is 12.7. The summed E-state index contributed by atoms with van der Waals surface area (Å²) in [6, 6.07) is 3.83. The Labute approximate surface area is 104 Å². The second kappa shape index (κ2) is 7.01. The third-order valence-corrected chi connectivity index (χ3v) is 3.39. The van der Waals surface area contributed by atoms with E-state index >= 15 is 0 Å². The summed E-state index contributed by atoms with van der Waals surface area (Å²) < 4.78 is 36.6. The number of hydrogen-bond acceptors (Lipinski definition) is 2. The molecule has 0 radical (unpaired) electrons. The lowest BCUT2D eigenvalue weighted by molar-refractivity contribution is -0.136. The van der Waals surface area contributed by atoms with Crippen molar-refractivity contribution in [3.8, 4) is 0 Å². The highest BCUT2D eigenvalue weighted by Crippen LogP contribution is 2.23. The van der Waals surface area contributed by atoms with Crippen molar-refractivity contribution in [2.75, 3.05) is 6.54 Å². The second-order valence-corrected chi connectivity index (χ2v) is 5.12. The maximum atomic E-state index is 12.2. The maximum Gasteiger partial charge on any atom is 0.389 e. The molecule has 0 aromatic carbocycles. The molecule has 1 aromatic heterocycles. The van der Waals surface area contributed by atoms with Gasteiger partial charge in [0, 0.05) is 17.3 Å². The molecule has 1 N–H and O–H groups in total. The van der Waals surface area contributed by atoms with Crippen LogP contribution in [0.4, 0.5) is 13.2 Å². The molecule has 0 amide bonds. The Balaban J connectivity index is 2.42. The van der Waals surface area contributed by atoms with Crippen LogP contribution in [0.15, 0.2) is 17.5 Å². The molecule has 0 aliphatic rings. The molecule has 1 heterocycles. The average Bonchev–Trinajstić information content (AvgIpc) is 2.73. The molecule has 0 saturated heterocycles. The Morgan fingerprint density at radius 2 is 2.18 bits per heavy atom. The largest absolute Gasteiger partial charge is 0.389 e. The van der Waals surface area contributed by atoms with E-state index in [9.17, 15) is 13.2 Å². The molecule has 1 nitrogen and oxygen atoms in total. The van der Waals surface area contributed by atoms with Gasteiger partial charge in [-0.2, -0.15) is 13.2 Å². The van der Waals surface area contributed by atoms with Crippen molar-refractivity contribution in [2.45, 2.75) is 44.8 Å². The smallest absolute Gasteiger partial charge is 0.314 e. The SMILES string of the molecule is CCCNC(CCC(F)(F)F)Cc1cccs1. The summed E-state index contributed by atoms with van der Waals surface area (Å²) in [5.74, 6) is 0. The number of halogens is 3. The third kappa shape index (κ3) is 6.68. The summed E-state index contributed by atoms with van der Waals surface area (Å²) in [4.78, 5) is 1.14. The molecule has 5 heteroatoms. The highest BCUT2D eigenvalue weighted by molar-refractivity contribution is 7.09. The van der Waals surface area contributed by atoms with E-state index in [0.717, 1.165) is 17.8 Å². The van der Waals surface area contributed by atoms with Crippen LogP contribution in [0.3, 0.4) is 0 Å². The Bertz CT molecular complexity index is 295. The van der Waals surface area contributed by atoms with Gasteiger partial charge in [0.2, 0.25) is 0 Å². The number of thiophene rings is 1. The Kier molecular flexibility index (Phi) is 5.98. The van der Waals surface area contributed by atoms with Gasteiger partial charge in [-0.3, -0.25) is 0 Å². The molecule has 0 spiro atoms. The van der Waals surface area contributed by atoms with Crippen molar-refractivity contribution in [3.63, 3.8) is 0 Å². The van der Waals surface area contributed by atoms with Crippen LogP contribution >= 0.6 is 11.3 Å². The predicted molar refractivity (Wildman–Crippen MR) is 65.4 cm³/mol. The minimum Gasteiger partial charge on any atom is -0.314 e. The molecule has 0 saturated carbocycles. The molecule has 0 bridgehead atoms. The fraction of sp³-hybridized carbons (Fsp3) is 0.667. The van der Waals surface area contributed by atoms with Crippen molar-refractivity contribution < 1.29 is 13.2 Å². The summed E-state index contributed by atoms with van der Waals surface area (Å²) in [5.41, 5.74) is 0. The Hall–Kier alpha value is -0.550. The van der Waals surface area contributed by atoms with Gasteiger partial charge in [-0.15, -0.1) is 11.3 Å². The molecule has 1 unspecified atom stereocenters. The first-order chi connectivity index (χ1) is 8.01. The van der Waals surface area contributed by atoms with E-state index < -0.39 is 12.6 Å². The predicted octanol–water partition coefficient (Wildman–Crippen LogP) is 4.00. The van der Waals surface area contributed by atoms with E-state index in [0.29, 0.717) is 6.42 Å². The van der Waals surface area contributed by atoms with Crippen molar-refractivity contribution in [3.05, 3.63) is 22.4 Å².